The molecule has 0 bridgehead atoms. The molecule has 5 heteroatoms. The highest BCUT2D eigenvalue weighted by atomic mass is 19.4. The number of benzene rings is 1. The zero-order valence-corrected chi connectivity index (χ0v) is 14.0. The maximum atomic E-state index is 12.7. The summed E-state index contributed by atoms with van der Waals surface area (Å²) < 4.78 is 38.0. The molecule has 1 aromatic rings. The minimum atomic E-state index is -4.39. The molecule has 1 rings (SSSR count). The highest BCUT2D eigenvalue weighted by Gasteiger charge is 2.30. The van der Waals surface area contributed by atoms with Gasteiger partial charge in [-0.3, -0.25) is 0 Å². The zero-order chi connectivity index (χ0) is 18.0. The van der Waals surface area contributed by atoms with Crippen molar-refractivity contribution < 1.29 is 18.3 Å². The lowest BCUT2D eigenvalue weighted by molar-refractivity contribution is -0.137. The van der Waals surface area contributed by atoms with Crippen LogP contribution in [0.4, 0.5) is 13.2 Å². The lowest BCUT2D eigenvalue weighted by atomic mass is 10.0. The normalized spacial score (nSPS) is 14.7. The van der Waals surface area contributed by atoms with E-state index in [1.54, 1.807) is 0 Å². The number of aliphatic hydroxyl groups is 1. The number of hydrogen-bond acceptors (Lipinski definition) is 2. The first kappa shape index (κ1) is 20.2. The first-order valence-electron chi connectivity index (χ1n) is 7.86. The highest BCUT2D eigenvalue weighted by molar-refractivity contribution is 5.27. The van der Waals surface area contributed by atoms with E-state index < -0.39 is 17.8 Å². The second kappa shape index (κ2) is 10.1. The van der Waals surface area contributed by atoms with E-state index in [4.69, 9.17) is 0 Å². The van der Waals surface area contributed by atoms with E-state index in [9.17, 15) is 18.3 Å². The van der Waals surface area contributed by atoms with Crippen molar-refractivity contribution in [2.75, 3.05) is 13.1 Å². The Labute approximate surface area is 141 Å². The molecule has 0 aromatic heterocycles. The van der Waals surface area contributed by atoms with Gasteiger partial charge in [0, 0.05) is 6.54 Å². The van der Waals surface area contributed by atoms with Gasteiger partial charge in [-0.1, -0.05) is 48.1 Å². The van der Waals surface area contributed by atoms with Crippen molar-refractivity contribution >= 4 is 0 Å². The van der Waals surface area contributed by atoms with Gasteiger partial charge in [0.15, 0.2) is 0 Å². The molecule has 0 aliphatic carbocycles. The van der Waals surface area contributed by atoms with Crippen LogP contribution in [0, 0.1) is 0 Å². The molecule has 0 heterocycles. The summed E-state index contributed by atoms with van der Waals surface area (Å²) in [6, 6.07) is 4.83. The van der Waals surface area contributed by atoms with E-state index in [2.05, 4.69) is 5.32 Å². The number of nitrogens with one attached hydrogen (secondary N) is 1. The van der Waals surface area contributed by atoms with Crippen molar-refractivity contribution in [1.29, 1.82) is 0 Å². The number of hydrogen-bond donors (Lipinski definition) is 2. The summed E-state index contributed by atoms with van der Waals surface area (Å²) in [6.07, 6.45) is 4.89. The summed E-state index contributed by atoms with van der Waals surface area (Å²) in [6.45, 7) is 5.09. The maximum Gasteiger partial charge on any atom is 0.416 e. The fourth-order valence-electron chi connectivity index (χ4n) is 2.06. The standard InChI is InChI=1S/C19H24F3NO/c1-3-4-7-15(2)8-6-12-23-13-11-18(24)16-9-5-10-17(14-16)19(20,21)22/h3-10,14,18,23-24H,11-13H2,1-2H3/b4-3-,8-6-,15-7+. The van der Waals surface area contributed by atoms with Gasteiger partial charge in [0.25, 0.3) is 0 Å². The Kier molecular flexibility index (Phi) is 8.50. The molecule has 132 valence electrons. The maximum absolute atomic E-state index is 12.7. The molecule has 0 spiro atoms. The summed E-state index contributed by atoms with van der Waals surface area (Å²) >= 11 is 0. The predicted octanol–water partition coefficient (Wildman–Crippen LogP) is 4.80. The van der Waals surface area contributed by atoms with E-state index in [0.717, 1.165) is 17.7 Å². The number of aliphatic hydroxyl groups excluding tert-OH is 1. The SMILES string of the molecule is C\C=C/C=C(C)/C=C\CNCCC(O)c1cccc(C(F)(F)F)c1. The van der Waals surface area contributed by atoms with E-state index in [1.165, 1.54) is 12.1 Å². The van der Waals surface area contributed by atoms with Crippen molar-refractivity contribution in [1.82, 2.24) is 5.32 Å². The Morgan fingerprint density at radius 1 is 1.33 bits per heavy atom. The van der Waals surface area contributed by atoms with Crippen molar-refractivity contribution in [3.05, 3.63) is 71.3 Å². The monoisotopic (exact) mass is 339 g/mol. The summed E-state index contributed by atoms with van der Waals surface area (Å²) in [7, 11) is 0. The third-order valence-electron chi connectivity index (χ3n) is 3.39. The third-order valence-corrected chi connectivity index (χ3v) is 3.39. The van der Waals surface area contributed by atoms with Gasteiger partial charge in [0.05, 0.1) is 11.7 Å². The van der Waals surface area contributed by atoms with E-state index in [1.807, 2.05) is 44.2 Å². The molecule has 0 aliphatic rings. The lowest BCUT2D eigenvalue weighted by Gasteiger charge is -2.13. The summed E-state index contributed by atoms with van der Waals surface area (Å²) in [5.41, 5.74) is 0.671. The van der Waals surface area contributed by atoms with E-state index in [-0.39, 0.29) is 5.56 Å². The average Bonchev–Trinajstić information content (AvgIpc) is 2.55. The minimum absolute atomic E-state index is 0.285. The first-order valence-corrected chi connectivity index (χ1v) is 7.86. The van der Waals surface area contributed by atoms with Crippen LogP contribution >= 0.6 is 0 Å². The summed E-state index contributed by atoms with van der Waals surface area (Å²) in [5, 5.41) is 13.1. The average molecular weight is 339 g/mol. The fraction of sp³-hybridized carbons (Fsp3) is 0.368. The summed E-state index contributed by atoms with van der Waals surface area (Å²) in [4.78, 5) is 0. The summed E-state index contributed by atoms with van der Waals surface area (Å²) in [5.74, 6) is 0. The molecule has 0 fully saturated rings. The molecule has 2 nitrogen and oxygen atoms in total. The fourth-order valence-corrected chi connectivity index (χ4v) is 2.06. The van der Waals surface area contributed by atoms with E-state index in [0.29, 0.717) is 19.5 Å². The Hall–Kier alpha value is -1.85. The molecule has 0 radical (unpaired) electrons. The van der Waals surface area contributed by atoms with Crippen LogP contribution in [-0.4, -0.2) is 18.2 Å². The Morgan fingerprint density at radius 2 is 2.08 bits per heavy atom. The van der Waals surface area contributed by atoms with Crippen molar-refractivity contribution in [3.63, 3.8) is 0 Å². The Balaban J connectivity index is 2.39. The first-order chi connectivity index (χ1) is 11.3. The number of halogens is 3. The largest absolute Gasteiger partial charge is 0.416 e. The zero-order valence-electron chi connectivity index (χ0n) is 14.0. The van der Waals surface area contributed by atoms with Crippen LogP contribution in [0.2, 0.25) is 0 Å². The molecule has 1 atom stereocenters. The second-order valence-electron chi connectivity index (χ2n) is 5.47. The molecule has 1 unspecified atom stereocenters. The lowest BCUT2D eigenvalue weighted by Crippen LogP contribution is -2.17. The smallest absolute Gasteiger partial charge is 0.388 e. The highest BCUT2D eigenvalue weighted by Crippen LogP contribution is 2.31. The molecule has 2 N–H and O–H groups in total. The van der Waals surface area contributed by atoms with Crippen LogP contribution < -0.4 is 5.32 Å². The van der Waals surface area contributed by atoms with Gasteiger partial charge in [-0.25, -0.2) is 0 Å². The molecule has 0 saturated heterocycles. The van der Waals surface area contributed by atoms with Crippen LogP contribution in [0.5, 0.6) is 0 Å². The van der Waals surface area contributed by atoms with Crippen molar-refractivity contribution in [3.8, 4) is 0 Å². The Bertz CT molecular complexity index is 589. The molecule has 1 aromatic carbocycles. The van der Waals surface area contributed by atoms with Crippen molar-refractivity contribution in [2.24, 2.45) is 0 Å². The second-order valence-corrected chi connectivity index (χ2v) is 5.47. The van der Waals surface area contributed by atoms with Crippen LogP contribution in [0.1, 0.15) is 37.5 Å². The quantitative estimate of drug-likeness (QED) is 0.527. The van der Waals surface area contributed by atoms with Crippen LogP contribution in [-0.2, 0) is 6.18 Å². The van der Waals surface area contributed by atoms with Gasteiger partial charge in [0.2, 0.25) is 0 Å². The minimum Gasteiger partial charge on any atom is -0.388 e. The van der Waals surface area contributed by atoms with Crippen LogP contribution in [0.25, 0.3) is 0 Å². The van der Waals surface area contributed by atoms with E-state index >= 15 is 0 Å². The molecular weight excluding hydrogens is 315 g/mol. The van der Waals surface area contributed by atoms with Crippen LogP contribution in [0.3, 0.4) is 0 Å². The molecule has 0 aliphatic heterocycles. The van der Waals surface area contributed by atoms with Gasteiger partial charge in [-0.2, -0.15) is 13.2 Å². The third kappa shape index (κ3) is 7.62. The topological polar surface area (TPSA) is 32.3 Å². The molecule has 0 amide bonds. The molecule has 24 heavy (non-hydrogen) atoms. The van der Waals surface area contributed by atoms with Gasteiger partial charge < -0.3 is 10.4 Å². The molecular formula is C19H24F3NO. The van der Waals surface area contributed by atoms with Gasteiger partial charge >= 0.3 is 6.18 Å². The van der Waals surface area contributed by atoms with Gasteiger partial charge in [-0.15, -0.1) is 0 Å². The van der Waals surface area contributed by atoms with Gasteiger partial charge in [-0.05, 0) is 44.5 Å². The Morgan fingerprint density at radius 3 is 2.75 bits per heavy atom. The van der Waals surface area contributed by atoms with Crippen LogP contribution in [0.15, 0.2) is 60.2 Å². The number of rotatable bonds is 8. The predicted molar refractivity (Wildman–Crippen MR) is 91.6 cm³/mol. The number of alkyl halides is 3. The number of allylic oxidation sites excluding steroid dienone is 5. The van der Waals surface area contributed by atoms with Gasteiger partial charge in [0.1, 0.15) is 0 Å². The molecule has 0 saturated carbocycles. The van der Waals surface area contributed by atoms with Crippen molar-refractivity contribution in [2.45, 2.75) is 32.5 Å².